The van der Waals surface area contributed by atoms with Gasteiger partial charge in [0.05, 0.1) is 18.6 Å². The summed E-state index contributed by atoms with van der Waals surface area (Å²) in [4.78, 5) is 11.4. The Morgan fingerprint density at radius 1 is 1.27 bits per heavy atom. The average molecular weight is 306 g/mol. The molecule has 0 aromatic carbocycles. The fourth-order valence-corrected chi connectivity index (χ4v) is 4.24. The lowest BCUT2D eigenvalue weighted by molar-refractivity contribution is -0.160. The highest BCUT2D eigenvalue weighted by Gasteiger charge is 2.35. The van der Waals surface area contributed by atoms with Crippen molar-refractivity contribution < 1.29 is 19.7 Å². The zero-order valence-electron chi connectivity index (χ0n) is 13.1. The van der Waals surface area contributed by atoms with E-state index < -0.39 is 6.10 Å². The Labute approximate surface area is 131 Å². The SMILES string of the molecule is C[C@H]1C=CC2=C[C@H](O)CC[C@@H]2[C@H]1CC[C@@H]1C[C@@H](O)CC(=O)O1. The van der Waals surface area contributed by atoms with Gasteiger partial charge >= 0.3 is 5.97 Å². The Bertz CT molecular complexity index is 481. The molecule has 0 amide bonds. The van der Waals surface area contributed by atoms with Crippen LogP contribution in [-0.4, -0.2) is 34.5 Å². The first-order valence-electron chi connectivity index (χ1n) is 8.48. The lowest BCUT2D eigenvalue weighted by atomic mass is 9.67. The van der Waals surface area contributed by atoms with Gasteiger partial charge in [0.15, 0.2) is 0 Å². The number of hydrogen-bond acceptors (Lipinski definition) is 4. The fraction of sp³-hybridized carbons (Fsp3) is 0.722. The van der Waals surface area contributed by atoms with Crippen LogP contribution in [-0.2, 0) is 9.53 Å². The molecule has 2 aliphatic carbocycles. The first-order valence-corrected chi connectivity index (χ1v) is 8.48. The van der Waals surface area contributed by atoms with Gasteiger partial charge in [0, 0.05) is 6.42 Å². The van der Waals surface area contributed by atoms with Crippen LogP contribution >= 0.6 is 0 Å². The van der Waals surface area contributed by atoms with E-state index in [0.29, 0.717) is 24.2 Å². The van der Waals surface area contributed by atoms with Gasteiger partial charge in [-0.05, 0) is 49.0 Å². The van der Waals surface area contributed by atoms with Gasteiger partial charge in [0.2, 0.25) is 0 Å². The van der Waals surface area contributed by atoms with Crippen LogP contribution in [0.25, 0.3) is 0 Å². The van der Waals surface area contributed by atoms with E-state index in [1.54, 1.807) is 0 Å². The summed E-state index contributed by atoms with van der Waals surface area (Å²) >= 11 is 0. The van der Waals surface area contributed by atoms with E-state index in [0.717, 1.165) is 25.7 Å². The van der Waals surface area contributed by atoms with Gasteiger partial charge < -0.3 is 14.9 Å². The molecule has 22 heavy (non-hydrogen) atoms. The smallest absolute Gasteiger partial charge is 0.308 e. The standard InChI is InChI=1S/C18H26O4/c1-11-2-3-12-8-13(19)4-6-17(12)16(11)7-5-15-9-14(20)10-18(21)22-15/h2-3,8,11,13-17,19-20H,4-7,9-10H2,1H3/t11-,13+,14+,15+,16-,17-/m0/s1. The van der Waals surface area contributed by atoms with E-state index in [2.05, 4.69) is 19.1 Å². The van der Waals surface area contributed by atoms with Crippen LogP contribution in [0.4, 0.5) is 0 Å². The molecule has 0 saturated carbocycles. The first kappa shape index (κ1) is 15.8. The maximum absolute atomic E-state index is 11.4. The van der Waals surface area contributed by atoms with Crippen LogP contribution in [0, 0.1) is 17.8 Å². The minimum Gasteiger partial charge on any atom is -0.462 e. The van der Waals surface area contributed by atoms with Crippen molar-refractivity contribution in [3.8, 4) is 0 Å². The molecule has 4 heteroatoms. The highest BCUT2D eigenvalue weighted by molar-refractivity contribution is 5.70. The van der Waals surface area contributed by atoms with Gasteiger partial charge in [-0.1, -0.05) is 25.2 Å². The predicted molar refractivity (Wildman–Crippen MR) is 83.0 cm³/mol. The van der Waals surface area contributed by atoms with Gasteiger partial charge in [0.1, 0.15) is 6.10 Å². The molecule has 0 unspecified atom stereocenters. The molecule has 0 radical (unpaired) electrons. The molecule has 0 bridgehead atoms. The van der Waals surface area contributed by atoms with Crippen LogP contribution in [0.1, 0.15) is 45.4 Å². The number of aliphatic hydroxyl groups is 2. The number of carbonyl (C=O) groups is 1. The second-order valence-electron chi connectivity index (χ2n) is 7.08. The summed E-state index contributed by atoms with van der Waals surface area (Å²) in [5.74, 6) is 1.26. The second kappa shape index (κ2) is 6.55. The number of rotatable bonds is 3. The molecule has 1 fully saturated rings. The monoisotopic (exact) mass is 306 g/mol. The maximum Gasteiger partial charge on any atom is 0.308 e. The van der Waals surface area contributed by atoms with Gasteiger partial charge in [0.25, 0.3) is 0 Å². The van der Waals surface area contributed by atoms with Crippen LogP contribution in [0.5, 0.6) is 0 Å². The van der Waals surface area contributed by atoms with E-state index in [9.17, 15) is 15.0 Å². The number of carbonyl (C=O) groups excluding carboxylic acids is 1. The molecule has 2 N–H and O–H groups in total. The molecule has 0 aromatic heterocycles. The predicted octanol–water partition coefficient (Wildman–Crippen LogP) is 2.35. The van der Waals surface area contributed by atoms with E-state index in [1.165, 1.54) is 5.57 Å². The normalized spacial score (nSPS) is 41.6. The second-order valence-corrected chi connectivity index (χ2v) is 7.08. The summed E-state index contributed by atoms with van der Waals surface area (Å²) in [7, 11) is 0. The number of cyclic esters (lactones) is 1. The molecule has 3 aliphatic rings. The highest BCUT2D eigenvalue weighted by Crippen LogP contribution is 2.42. The third-order valence-corrected chi connectivity index (χ3v) is 5.43. The zero-order chi connectivity index (χ0) is 15.7. The Morgan fingerprint density at radius 3 is 2.86 bits per heavy atom. The maximum atomic E-state index is 11.4. The third kappa shape index (κ3) is 3.44. The number of aliphatic hydroxyl groups excluding tert-OH is 2. The van der Waals surface area contributed by atoms with Crippen molar-refractivity contribution in [3.63, 3.8) is 0 Å². The van der Waals surface area contributed by atoms with Crippen molar-refractivity contribution in [3.05, 3.63) is 23.8 Å². The summed E-state index contributed by atoms with van der Waals surface area (Å²) in [6, 6.07) is 0. The third-order valence-electron chi connectivity index (χ3n) is 5.43. The number of hydrogen-bond donors (Lipinski definition) is 2. The quantitative estimate of drug-likeness (QED) is 0.786. The van der Waals surface area contributed by atoms with Gasteiger partial charge in [-0.3, -0.25) is 4.79 Å². The molecule has 0 aromatic rings. The molecule has 3 rings (SSSR count). The number of esters is 1. The molecule has 1 saturated heterocycles. The summed E-state index contributed by atoms with van der Waals surface area (Å²) in [6.07, 6.45) is 9.76. The first-order chi connectivity index (χ1) is 10.5. The number of allylic oxidation sites excluding steroid dienone is 3. The summed E-state index contributed by atoms with van der Waals surface area (Å²) in [5, 5.41) is 19.5. The van der Waals surface area contributed by atoms with Crippen molar-refractivity contribution in [2.45, 2.75) is 63.8 Å². The largest absolute Gasteiger partial charge is 0.462 e. The molecule has 122 valence electrons. The lowest BCUT2D eigenvalue weighted by Gasteiger charge is -2.39. The van der Waals surface area contributed by atoms with Crippen molar-refractivity contribution in [2.75, 3.05) is 0 Å². The molecule has 1 aliphatic heterocycles. The van der Waals surface area contributed by atoms with E-state index in [-0.39, 0.29) is 24.6 Å². The molecule has 0 spiro atoms. The molecule has 1 heterocycles. The van der Waals surface area contributed by atoms with E-state index in [1.807, 2.05) is 6.08 Å². The Morgan fingerprint density at radius 2 is 2.09 bits per heavy atom. The van der Waals surface area contributed by atoms with Crippen molar-refractivity contribution >= 4 is 5.97 Å². The Balaban J connectivity index is 1.63. The number of fused-ring (bicyclic) bond motifs is 1. The lowest BCUT2D eigenvalue weighted by Crippen LogP contribution is -2.34. The van der Waals surface area contributed by atoms with Crippen molar-refractivity contribution in [1.82, 2.24) is 0 Å². The topological polar surface area (TPSA) is 66.8 Å². The minimum atomic E-state index is -0.546. The van der Waals surface area contributed by atoms with Crippen molar-refractivity contribution in [2.24, 2.45) is 17.8 Å². The highest BCUT2D eigenvalue weighted by atomic mass is 16.5. The van der Waals surface area contributed by atoms with Crippen LogP contribution in [0.2, 0.25) is 0 Å². The summed E-state index contributed by atoms with van der Waals surface area (Å²) in [5.41, 5.74) is 1.27. The van der Waals surface area contributed by atoms with Crippen LogP contribution < -0.4 is 0 Å². The van der Waals surface area contributed by atoms with E-state index in [4.69, 9.17) is 4.74 Å². The van der Waals surface area contributed by atoms with Gasteiger partial charge in [-0.2, -0.15) is 0 Å². The Hall–Kier alpha value is -1.13. The fourth-order valence-electron chi connectivity index (χ4n) is 4.24. The van der Waals surface area contributed by atoms with Crippen LogP contribution in [0.3, 0.4) is 0 Å². The molecule has 4 nitrogen and oxygen atoms in total. The molecule has 6 atom stereocenters. The zero-order valence-corrected chi connectivity index (χ0v) is 13.1. The summed E-state index contributed by atoms with van der Waals surface area (Å²) < 4.78 is 5.36. The van der Waals surface area contributed by atoms with Crippen LogP contribution in [0.15, 0.2) is 23.8 Å². The average Bonchev–Trinajstić information content (AvgIpc) is 2.45. The molecular weight excluding hydrogens is 280 g/mol. The number of ether oxygens (including phenoxy) is 1. The van der Waals surface area contributed by atoms with E-state index >= 15 is 0 Å². The summed E-state index contributed by atoms with van der Waals surface area (Å²) in [6.45, 7) is 2.24. The Kier molecular flexibility index (Phi) is 4.69. The van der Waals surface area contributed by atoms with Crippen molar-refractivity contribution in [1.29, 1.82) is 0 Å². The minimum absolute atomic E-state index is 0.131. The van der Waals surface area contributed by atoms with Gasteiger partial charge in [-0.25, -0.2) is 0 Å². The molecular formula is C18H26O4. The van der Waals surface area contributed by atoms with Gasteiger partial charge in [-0.15, -0.1) is 0 Å².